The number of aromatic nitrogens is 3. The van der Waals surface area contributed by atoms with Crippen LogP contribution in [0, 0.1) is 0 Å². The van der Waals surface area contributed by atoms with Gasteiger partial charge >= 0.3 is 0 Å². The van der Waals surface area contributed by atoms with E-state index in [0.717, 1.165) is 11.3 Å². The molecule has 120 valence electrons. The fourth-order valence-corrected chi connectivity index (χ4v) is 1.96. The SMILES string of the molecule is O=C(Cn1cncn1)N/N=C/c1cccc(Oc2ccccc2)c1. The summed E-state index contributed by atoms with van der Waals surface area (Å²) in [5.74, 6) is 1.17. The summed E-state index contributed by atoms with van der Waals surface area (Å²) in [5.41, 5.74) is 3.25. The molecule has 1 amide bonds. The van der Waals surface area contributed by atoms with Crippen molar-refractivity contribution < 1.29 is 9.53 Å². The van der Waals surface area contributed by atoms with Crippen LogP contribution in [0.15, 0.2) is 72.4 Å². The predicted octanol–water partition coefficient (Wildman–Crippen LogP) is 2.22. The number of nitrogens with one attached hydrogen (secondary N) is 1. The summed E-state index contributed by atoms with van der Waals surface area (Å²) < 4.78 is 7.16. The van der Waals surface area contributed by atoms with Crippen LogP contribution < -0.4 is 10.2 Å². The molecule has 7 nitrogen and oxygen atoms in total. The summed E-state index contributed by atoms with van der Waals surface area (Å²) in [7, 11) is 0. The molecule has 24 heavy (non-hydrogen) atoms. The Morgan fingerprint density at radius 2 is 2.00 bits per heavy atom. The second-order valence-corrected chi connectivity index (χ2v) is 4.87. The zero-order chi connectivity index (χ0) is 16.6. The van der Waals surface area contributed by atoms with E-state index in [1.54, 1.807) is 6.21 Å². The van der Waals surface area contributed by atoms with Crippen LogP contribution in [-0.4, -0.2) is 26.9 Å². The molecule has 1 aromatic heterocycles. The first kappa shape index (κ1) is 15.4. The minimum Gasteiger partial charge on any atom is -0.457 e. The highest BCUT2D eigenvalue weighted by Crippen LogP contribution is 2.21. The van der Waals surface area contributed by atoms with Gasteiger partial charge in [-0.1, -0.05) is 30.3 Å². The number of rotatable bonds is 6. The zero-order valence-electron chi connectivity index (χ0n) is 12.7. The maximum atomic E-state index is 11.7. The maximum Gasteiger partial charge on any atom is 0.261 e. The number of hydrogen-bond acceptors (Lipinski definition) is 5. The van der Waals surface area contributed by atoms with Gasteiger partial charge in [0.15, 0.2) is 0 Å². The van der Waals surface area contributed by atoms with Gasteiger partial charge in [-0.3, -0.25) is 4.79 Å². The van der Waals surface area contributed by atoms with Crippen LogP contribution in [0.2, 0.25) is 0 Å². The van der Waals surface area contributed by atoms with E-state index in [-0.39, 0.29) is 12.5 Å². The Morgan fingerprint density at radius 3 is 2.79 bits per heavy atom. The summed E-state index contributed by atoms with van der Waals surface area (Å²) in [6.07, 6.45) is 4.39. The van der Waals surface area contributed by atoms with Crippen molar-refractivity contribution in [2.45, 2.75) is 6.54 Å². The van der Waals surface area contributed by atoms with Crippen molar-refractivity contribution in [2.75, 3.05) is 0 Å². The third-order valence-electron chi connectivity index (χ3n) is 3.01. The highest BCUT2D eigenvalue weighted by molar-refractivity contribution is 5.82. The highest BCUT2D eigenvalue weighted by atomic mass is 16.5. The van der Waals surface area contributed by atoms with E-state index < -0.39 is 0 Å². The molecule has 0 aliphatic rings. The van der Waals surface area contributed by atoms with Gasteiger partial charge in [0.25, 0.3) is 5.91 Å². The van der Waals surface area contributed by atoms with Crippen molar-refractivity contribution in [3.63, 3.8) is 0 Å². The predicted molar refractivity (Wildman–Crippen MR) is 88.7 cm³/mol. The molecule has 0 bridgehead atoms. The number of nitrogens with zero attached hydrogens (tertiary/aromatic N) is 4. The monoisotopic (exact) mass is 321 g/mol. The molecule has 3 aromatic rings. The highest BCUT2D eigenvalue weighted by Gasteiger charge is 2.01. The first-order chi connectivity index (χ1) is 11.8. The molecule has 0 aliphatic carbocycles. The van der Waals surface area contributed by atoms with Crippen LogP contribution in [0.4, 0.5) is 0 Å². The molecule has 0 atom stereocenters. The lowest BCUT2D eigenvalue weighted by atomic mass is 10.2. The number of amides is 1. The standard InChI is InChI=1S/C17H15N5O2/c23-17(11-22-13-18-12-20-22)21-19-10-14-5-4-8-16(9-14)24-15-6-2-1-3-7-15/h1-10,12-13H,11H2,(H,21,23)/b19-10+. The Morgan fingerprint density at radius 1 is 1.17 bits per heavy atom. The minimum absolute atomic E-state index is 0.0640. The maximum absolute atomic E-state index is 11.7. The molecule has 0 radical (unpaired) electrons. The van der Waals surface area contributed by atoms with Gasteiger partial charge in [0.2, 0.25) is 0 Å². The lowest BCUT2D eigenvalue weighted by molar-refractivity contribution is -0.121. The van der Waals surface area contributed by atoms with Crippen LogP contribution in [0.25, 0.3) is 0 Å². The van der Waals surface area contributed by atoms with E-state index in [1.807, 2.05) is 54.6 Å². The van der Waals surface area contributed by atoms with Gasteiger partial charge in [-0.2, -0.15) is 10.2 Å². The van der Waals surface area contributed by atoms with Crippen LogP contribution in [0.1, 0.15) is 5.56 Å². The second-order valence-electron chi connectivity index (χ2n) is 4.87. The molecule has 0 spiro atoms. The Hall–Kier alpha value is -3.48. The first-order valence-corrected chi connectivity index (χ1v) is 7.27. The van der Waals surface area contributed by atoms with Gasteiger partial charge in [-0.15, -0.1) is 0 Å². The van der Waals surface area contributed by atoms with Crippen LogP contribution in [0.5, 0.6) is 11.5 Å². The first-order valence-electron chi connectivity index (χ1n) is 7.27. The molecule has 0 aliphatic heterocycles. The molecule has 1 heterocycles. The van der Waals surface area contributed by atoms with Crippen molar-refractivity contribution in [1.82, 2.24) is 20.2 Å². The van der Waals surface area contributed by atoms with Crippen molar-refractivity contribution in [1.29, 1.82) is 0 Å². The molecule has 1 N–H and O–H groups in total. The topological polar surface area (TPSA) is 81.4 Å². The molecule has 0 fully saturated rings. The Balaban J connectivity index is 1.57. The molecule has 2 aromatic carbocycles. The fraction of sp³-hybridized carbons (Fsp3) is 0.0588. The molecule has 0 saturated carbocycles. The third-order valence-corrected chi connectivity index (χ3v) is 3.01. The van der Waals surface area contributed by atoms with Crippen LogP contribution in [0.3, 0.4) is 0 Å². The molecular formula is C17H15N5O2. The Labute approximate surface area is 138 Å². The van der Waals surface area contributed by atoms with Crippen LogP contribution >= 0.6 is 0 Å². The van der Waals surface area contributed by atoms with Gasteiger partial charge in [-0.25, -0.2) is 15.1 Å². The van der Waals surface area contributed by atoms with Gasteiger partial charge in [0, 0.05) is 0 Å². The molecule has 0 unspecified atom stereocenters. The zero-order valence-corrected chi connectivity index (χ0v) is 12.7. The van der Waals surface area contributed by atoms with Crippen molar-refractivity contribution >= 4 is 12.1 Å². The summed E-state index contributed by atoms with van der Waals surface area (Å²) in [6, 6.07) is 16.9. The number of benzene rings is 2. The summed E-state index contributed by atoms with van der Waals surface area (Å²) in [6.45, 7) is 0.0640. The molecule has 7 heteroatoms. The number of hydrogen-bond donors (Lipinski definition) is 1. The third kappa shape index (κ3) is 4.51. The molecule has 0 saturated heterocycles. The number of carbonyl (C=O) groups is 1. The van der Waals surface area contributed by atoms with Crippen molar-refractivity contribution in [2.24, 2.45) is 5.10 Å². The van der Waals surface area contributed by atoms with E-state index in [0.29, 0.717) is 5.75 Å². The smallest absolute Gasteiger partial charge is 0.261 e. The van der Waals surface area contributed by atoms with E-state index in [2.05, 4.69) is 20.6 Å². The average molecular weight is 321 g/mol. The Bertz CT molecular complexity index is 816. The van der Waals surface area contributed by atoms with Crippen molar-refractivity contribution in [3.05, 3.63) is 72.8 Å². The quantitative estimate of drug-likeness (QED) is 0.557. The summed E-state index contributed by atoms with van der Waals surface area (Å²) in [5, 5.41) is 7.78. The minimum atomic E-state index is -0.284. The van der Waals surface area contributed by atoms with E-state index in [9.17, 15) is 4.79 Å². The number of hydrazone groups is 1. The van der Waals surface area contributed by atoms with E-state index in [1.165, 1.54) is 17.3 Å². The van der Waals surface area contributed by atoms with Gasteiger partial charge < -0.3 is 4.74 Å². The van der Waals surface area contributed by atoms with Crippen molar-refractivity contribution in [3.8, 4) is 11.5 Å². The van der Waals surface area contributed by atoms with Gasteiger partial charge in [0.05, 0.1) is 6.21 Å². The van der Waals surface area contributed by atoms with E-state index in [4.69, 9.17) is 4.74 Å². The fourth-order valence-electron chi connectivity index (χ4n) is 1.96. The molecule has 3 rings (SSSR count). The summed E-state index contributed by atoms with van der Waals surface area (Å²) in [4.78, 5) is 15.4. The van der Waals surface area contributed by atoms with Gasteiger partial charge in [-0.05, 0) is 29.8 Å². The molecular weight excluding hydrogens is 306 g/mol. The Kier molecular flexibility index (Phi) is 4.94. The number of ether oxygens (including phenoxy) is 1. The lowest BCUT2D eigenvalue weighted by Gasteiger charge is -2.05. The van der Waals surface area contributed by atoms with Gasteiger partial charge in [0.1, 0.15) is 30.7 Å². The number of para-hydroxylation sites is 1. The van der Waals surface area contributed by atoms with Crippen LogP contribution in [-0.2, 0) is 11.3 Å². The lowest BCUT2D eigenvalue weighted by Crippen LogP contribution is -2.23. The number of carbonyl (C=O) groups excluding carboxylic acids is 1. The van der Waals surface area contributed by atoms with E-state index >= 15 is 0 Å². The largest absolute Gasteiger partial charge is 0.457 e. The average Bonchev–Trinajstić information content (AvgIpc) is 3.09. The normalized spacial score (nSPS) is 10.7. The summed E-state index contributed by atoms with van der Waals surface area (Å²) >= 11 is 0. The second kappa shape index (κ2) is 7.68.